The fourth-order valence-corrected chi connectivity index (χ4v) is 4.18. The van der Waals surface area contributed by atoms with Crippen molar-refractivity contribution >= 4 is 34.8 Å². The first kappa shape index (κ1) is 17.6. The number of carbonyl (C=O) groups excluding carboxylic acids is 1. The van der Waals surface area contributed by atoms with Crippen molar-refractivity contribution in [1.29, 1.82) is 0 Å². The summed E-state index contributed by atoms with van der Waals surface area (Å²) in [6.07, 6.45) is 15.5. The maximum atomic E-state index is 12.7. The van der Waals surface area contributed by atoms with E-state index in [1.807, 2.05) is 0 Å². The smallest absolute Gasteiger partial charge is 0.228 e. The van der Waals surface area contributed by atoms with Crippen molar-refractivity contribution in [2.24, 2.45) is 17.8 Å². The van der Waals surface area contributed by atoms with E-state index in [9.17, 15) is 4.79 Å². The quantitative estimate of drug-likeness (QED) is 0.617. The second-order valence-corrected chi connectivity index (χ2v) is 7.43. The van der Waals surface area contributed by atoms with E-state index in [-0.39, 0.29) is 11.8 Å². The van der Waals surface area contributed by atoms with Crippen LogP contribution in [0.25, 0.3) is 0 Å². The van der Waals surface area contributed by atoms with Crippen LogP contribution in [0.2, 0.25) is 10.0 Å². The third kappa shape index (κ3) is 4.23. The van der Waals surface area contributed by atoms with Gasteiger partial charge in [0.2, 0.25) is 5.91 Å². The summed E-state index contributed by atoms with van der Waals surface area (Å²) in [5.41, 5.74) is 0.535. The minimum atomic E-state index is 0.0582. The van der Waals surface area contributed by atoms with E-state index in [2.05, 4.69) is 29.6 Å². The van der Waals surface area contributed by atoms with E-state index in [1.54, 1.807) is 18.2 Å². The largest absolute Gasteiger partial charge is 0.323 e. The summed E-state index contributed by atoms with van der Waals surface area (Å²) in [4.78, 5) is 12.7. The van der Waals surface area contributed by atoms with Crippen LogP contribution in [0.5, 0.6) is 0 Å². The van der Waals surface area contributed by atoms with Crippen LogP contribution in [0.1, 0.15) is 38.5 Å². The van der Waals surface area contributed by atoms with Gasteiger partial charge in [-0.25, -0.2) is 0 Å². The predicted molar refractivity (Wildman–Crippen MR) is 102 cm³/mol. The van der Waals surface area contributed by atoms with Gasteiger partial charge in [-0.05, 0) is 62.5 Å². The van der Waals surface area contributed by atoms with Crippen LogP contribution in [0, 0.1) is 17.8 Å². The highest BCUT2D eigenvalue weighted by atomic mass is 35.5. The van der Waals surface area contributed by atoms with Gasteiger partial charge < -0.3 is 5.32 Å². The van der Waals surface area contributed by atoms with Crippen LogP contribution in [0.3, 0.4) is 0 Å². The number of hydrogen-bond acceptors (Lipinski definition) is 1. The fourth-order valence-electron chi connectivity index (χ4n) is 3.69. The summed E-state index contributed by atoms with van der Waals surface area (Å²) < 4.78 is 0. The van der Waals surface area contributed by atoms with Gasteiger partial charge in [0, 0.05) is 5.92 Å². The predicted octanol–water partition coefficient (Wildman–Crippen LogP) is 6.26. The summed E-state index contributed by atoms with van der Waals surface area (Å²) in [6, 6.07) is 5.27. The molecule has 0 bridgehead atoms. The van der Waals surface area contributed by atoms with Crippen molar-refractivity contribution in [3.05, 3.63) is 52.5 Å². The Morgan fingerprint density at radius 2 is 1.38 bits per heavy atom. The van der Waals surface area contributed by atoms with Crippen molar-refractivity contribution in [3.8, 4) is 0 Å². The molecule has 0 radical (unpaired) electrons. The number of amides is 1. The average Bonchev–Trinajstić information content (AvgIpc) is 3.23. The fraction of sp³-hybridized carbons (Fsp3) is 0.450. The topological polar surface area (TPSA) is 29.1 Å². The molecule has 2 aliphatic carbocycles. The number of hydrogen-bond donors (Lipinski definition) is 1. The Labute approximate surface area is 153 Å². The molecule has 2 unspecified atom stereocenters. The number of fused-ring (bicyclic) bond motifs is 1. The summed E-state index contributed by atoms with van der Waals surface area (Å²) in [6.45, 7) is 0. The average molecular weight is 364 g/mol. The lowest BCUT2D eigenvalue weighted by molar-refractivity contribution is -0.117. The highest BCUT2D eigenvalue weighted by Gasteiger charge is 2.52. The number of anilines is 1. The molecule has 1 N–H and O–H groups in total. The molecule has 1 fully saturated rings. The zero-order valence-electron chi connectivity index (χ0n) is 13.7. The molecule has 1 aromatic carbocycles. The summed E-state index contributed by atoms with van der Waals surface area (Å²) >= 11 is 12.3. The maximum absolute atomic E-state index is 12.7. The van der Waals surface area contributed by atoms with Crippen LogP contribution in [-0.4, -0.2) is 5.91 Å². The van der Waals surface area contributed by atoms with E-state index in [4.69, 9.17) is 23.2 Å². The maximum Gasteiger partial charge on any atom is 0.228 e. The van der Waals surface area contributed by atoms with Crippen molar-refractivity contribution in [1.82, 2.24) is 0 Å². The minimum absolute atomic E-state index is 0.0582. The number of benzene rings is 1. The molecule has 0 aliphatic heterocycles. The molecule has 0 saturated heterocycles. The van der Waals surface area contributed by atoms with Gasteiger partial charge in [0.25, 0.3) is 0 Å². The van der Waals surface area contributed by atoms with Crippen LogP contribution in [0.4, 0.5) is 5.69 Å². The number of rotatable bonds is 2. The standard InChI is InChI=1S/C20H23Cl2NO/c21-16-12-9-13-17(22)19(16)23-20(24)18-14-10-7-5-3-1-2-4-6-8-11-15(14)18/h3-6,9,12-15,18H,1-2,7-8,10-11H2,(H,23,24). The molecule has 0 heterocycles. The first-order valence-corrected chi connectivity index (χ1v) is 9.49. The minimum Gasteiger partial charge on any atom is -0.323 e. The lowest BCUT2D eigenvalue weighted by atomic mass is 10.1. The number of nitrogens with one attached hydrogen (secondary N) is 1. The molecule has 2 aliphatic rings. The second-order valence-electron chi connectivity index (χ2n) is 6.61. The Hall–Kier alpha value is -1.25. The van der Waals surface area contributed by atoms with Crippen LogP contribution < -0.4 is 5.32 Å². The van der Waals surface area contributed by atoms with Crippen molar-refractivity contribution in [3.63, 3.8) is 0 Å². The SMILES string of the molecule is O=C(Nc1c(Cl)cccc1Cl)C1C2CCC=CCCC=CCCC21. The monoisotopic (exact) mass is 363 g/mol. The number of carbonyl (C=O) groups is 1. The van der Waals surface area contributed by atoms with Crippen molar-refractivity contribution < 1.29 is 4.79 Å². The normalized spacial score (nSPS) is 26.8. The molecule has 3 rings (SSSR count). The Bertz CT molecular complexity index is 609. The molecule has 24 heavy (non-hydrogen) atoms. The third-order valence-corrected chi connectivity index (χ3v) is 5.64. The van der Waals surface area contributed by atoms with Gasteiger partial charge in [-0.2, -0.15) is 0 Å². The van der Waals surface area contributed by atoms with Crippen molar-refractivity contribution in [2.75, 3.05) is 5.32 Å². The summed E-state index contributed by atoms with van der Waals surface area (Å²) in [7, 11) is 0. The number of halogens is 2. The van der Waals surface area contributed by atoms with Crippen LogP contribution >= 0.6 is 23.2 Å². The number of allylic oxidation sites excluding steroid dienone is 4. The van der Waals surface area contributed by atoms with Gasteiger partial charge in [-0.1, -0.05) is 53.6 Å². The van der Waals surface area contributed by atoms with E-state index in [0.717, 1.165) is 38.5 Å². The zero-order valence-corrected chi connectivity index (χ0v) is 15.2. The lowest BCUT2D eigenvalue weighted by Crippen LogP contribution is -2.16. The Morgan fingerprint density at radius 3 is 1.92 bits per heavy atom. The molecule has 2 nitrogen and oxygen atoms in total. The molecule has 1 amide bonds. The van der Waals surface area contributed by atoms with Gasteiger partial charge in [0.1, 0.15) is 0 Å². The second kappa shape index (κ2) is 8.22. The van der Waals surface area contributed by atoms with Gasteiger partial charge in [-0.3, -0.25) is 4.79 Å². The molecule has 128 valence electrons. The van der Waals surface area contributed by atoms with E-state index in [1.165, 1.54) is 0 Å². The van der Waals surface area contributed by atoms with E-state index < -0.39 is 0 Å². The van der Waals surface area contributed by atoms with E-state index in [0.29, 0.717) is 27.6 Å². The first-order valence-electron chi connectivity index (χ1n) is 8.73. The molecule has 0 aromatic heterocycles. The van der Waals surface area contributed by atoms with E-state index >= 15 is 0 Å². The lowest BCUT2D eigenvalue weighted by Gasteiger charge is -2.09. The molecular weight excluding hydrogens is 341 g/mol. The first-order chi connectivity index (χ1) is 11.7. The molecule has 1 saturated carbocycles. The van der Waals surface area contributed by atoms with Gasteiger partial charge in [-0.15, -0.1) is 0 Å². The summed E-state index contributed by atoms with van der Waals surface area (Å²) in [5, 5.41) is 3.93. The zero-order chi connectivity index (χ0) is 16.9. The molecule has 2 atom stereocenters. The van der Waals surface area contributed by atoms with Crippen molar-refractivity contribution in [2.45, 2.75) is 38.5 Å². The molecule has 4 heteroatoms. The molecule has 1 aromatic rings. The molecular formula is C20H23Cl2NO. The number of para-hydroxylation sites is 1. The highest BCUT2D eigenvalue weighted by Crippen LogP contribution is 2.53. The Kier molecular flexibility index (Phi) is 6.02. The van der Waals surface area contributed by atoms with Gasteiger partial charge >= 0.3 is 0 Å². The Morgan fingerprint density at radius 1 is 0.875 bits per heavy atom. The van der Waals surface area contributed by atoms with Crippen LogP contribution in [-0.2, 0) is 4.79 Å². The van der Waals surface area contributed by atoms with Gasteiger partial charge in [0.15, 0.2) is 0 Å². The van der Waals surface area contributed by atoms with Gasteiger partial charge in [0.05, 0.1) is 15.7 Å². The summed E-state index contributed by atoms with van der Waals surface area (Å²) in [5.74, 6) is 1.09. The molecule has 0 spiro atoms. The third-order valence-electron chi connectivity index (χ3n) is 5.01. The highest BCUT2D eigenvalue weighted by molar-refractivity contribution is 6.39. The van der Waals surface area contributed by atoms with Crippen LogP contribution in [0.15, 0.2) is 42.5 Å². The Balaban J connectivity index is 1.66.